The van der Waals surface area contributed by atoms with Crippen LogP contribution in [0.4, 0.5) is 10.1 Å². The topological polar surface area (TPSA) is 79.0 Å². The first-order valence-corrected chi connectivity index (χ1v) is 7.39. The van der Waals surface area contributed by atoms with Crippen molar-refractivity contribution in [2.24, 2.45) is 0 Å². The fraction of sp³-hybridized carbons (Fsp3) is 0. The second kappa shape index (κ2) is 5.43. The summed E-state index contributed by atoms with van der Waals surface area (Å²) in [5.41, 5.74) is -0.614. The Kier molecular flexibility index (Phi) is 4.03. The molecule has 0 radical (unpaired) electrons. The van der Waals surface area contributed by atoms with E-state index in [4.69, 9.17) is 23.2 Å². The zero-order valence-corrected chi connectivity index (χ0v) is 12.0. The van der Waals surface area contributed by atoms with Gasteiger partial charge in [-0.2, -0.15) is 0 Å². The average molecular weight is 337 g/mol. The van der Waals surface area contributed by atoms with Crippen LogP contribution >= 0.6 is 23.2 Å². The lowest BCUT2D eigenvalue weighted by molar-refractivity contribution is 0.600. The molecule has 20 heavy (non-hydrogen) atoms. The van der Waals surface area contributed by atoms with Crippen molar-refractivity contribution >= 4 is 38.9 Å². The van der Waals surface area contributed by atoms with Crippen LogP contribution in [-0.4, -0.2) is 13.4 Å². The molecule has 2 aromatic rings. The van der Waals surface area contributed by atoms with Gasteiger partial charge in [-0.3, -0.25) is 9.52 Å². The zero-order chi connectivity index (χ0) is 14.9. The summed E-state index contributed by atoms with van der Waals surface area (Å²) < 4.78 is 39.4. The summed E-state index contributed by atoms with van der Waals surface area (Å²) in [6.07, 6.45) is 0.989. The minimum atomic E-state index is -4.00. The molecule has 0 fully saturated rings. The Morgan fingerprint density at radius 2 is 1.85 bits per heavy atom. The van der Waals surface area contributed by atoms with Crippen LogP contribution in [0, 0.1) is 5.82 Å². The van der Waals surface area contributed by atoms with Gasteiger partial charge in [0.2, 0.25) is 0 Å². The van der Waals surface area contributed by atoms with Crippen LogP contribution in [0.25, 0.3) is 0 Å². The Labute approximate surface area is 123 Å². The molecule has 0 saturated heterocycles. The lowest BCUT2D eigenvalue weighted by Crippen LogP contribution is -2.16. The van der Waals surface area contributed by atoms with E-state index < -0.39 is 21.4 Å². The van der Waals surface area contributed by atoms with Crippen LogP contribution in [0.5, 0.6) is 0 Å². The molecule has 0 amide bonds. The van der Waals surface area contributed by atoms with Gasteiger partial charge in [-0.25, -0.2) is 12.8 Å². The van der Waals surface area contributed by atoms with Gasteiger partial charge in [0.15, 0.2) is 0 Å². The summed E-state index contributed by atoms with van der Waals surface area (Å²) in [6.45, 7) is 0. The van der Waals surface area contributed by atoms with Crippen LogP contribution < -0.4 is 10.3 Å². The molecule has 106 valence electrons. The summed E-state index contributed by atoms with van der Waals surface area (Å²) in [5, 5.41) is -0.393. The van der Waals surface area contributed by atoms with Crippen molar-refractivity contribution in [3.8, 4) is 0 Å². The fourth-order valence-electron chi connectivity index (χ4n) is 1.37. The van der Waals surface area contributed by atoms with Crippen molar-refractivity contribution in [2.75, 3.05) is 4.72 Å². The molecule has 0 unspecified atom stereocenters. The van der Waals surface area contributed by atoms with Gasteiger partial charge in [0.05, 0.1) is 10.7 Å². The minimum absolute atomic E-state index is 0.00535. The number of H-pyrrole nitrogens is 1. The number of nitrogens with one attached hydrogen (secondary N) is 2. The van der Waals surface area contributed by atoms with Crippen LogP contribution in [-0.2, 0) is 10.0 Å². The molecule has 5 nitrogen and oxygen atoms in total. The molecule has 0 atom stereocenters. The van der Waals surface area contributed by atoms with E-state index in [0.717, 1.165) is 18.3 Å². The number of halogens is 3. The van der Waals surface area contributed by atoms with E-state index in [2.05, 4.69) is 9.71 Å². The summed E-state index contributed by atoms with van der Waals surface area (Å²) in [4.78, 5) is 13.0. The summed E-state index contributed by atoms with van der Waals surface area (Å²) in [5.74, 6) is -0.758. The highest BCUT2D eigenvalue weighted by Gasteiger charge is 2.16. The summed E-state index contributed by atoms with van der Waals surface area (Å²) in [7, 11) is -4.00. The van der Waals surface area contributed by atoms with Gasteiger partial charge in [-0.15, -0.1) is 0 Å². The smallest absolute Gasteiger partial charge is 0.266 e. The van der Waals surface area contributed by atoms with E-state index in [1.54, 1.807) is 0 Å². The number of hydrogen-bond acceptors (Lipinski definition) is 3. The van der Waals surface area contributed by atoms with Gasteiger partial charge in [0.25, 0.3) is 15.6 Å². The summed E-state index contributed by atoms with van der Waals surface area (Å²) in [6, 6.07) is 4.45. The molecule has 1 aromatic carbocycles. The highest BCUT2D eigenvalue weighted by molar-refractivity contribution is 7.92. The van der Waals surface area contributed by atoms with Crippen LogP contribution in [0.1, 0.15) is 0 Å². The number of aromatic nitrogens is 1. The lowest BCUT2D eigenvalue weighted by atomic mass is 10.3. The standard InChI is InChI=1S/C11H7Cl2FN2O3S/c12-8-2-1-6(3-10(8)14)16-20(18,19)7-4-9(13)11(17)15-5-7/h1-5,16H,(H,15,17). The summed E-state index contributed by atoms with van der Waals surface area (Å²) >= 11 is 11.1. The van der Waals surface area contributed by atoms with Crippen molar-refractivity contribution in [2.45, 2.75) is 4.90 Å². The monoisotopic (exact) mass is 336 g/mol. The predicted molar refractivity (Wildman–Crippen MR) is 74.3 cm³/mol. The molecular formula is C11H7Cl2FN2O3S. The van der Waals surface area contributed by atoms with Crippen molar-refractivity contribution in [1.29, 1.82) is 0 Å². The van der Waals surface area contributed by atoms with Gasteiger partial charge in [0.1, 0.15) is 15.7 Å². The van der Waals surface area contributed by atoms with E-state index in [1.807, 2.05) is 0 Å². The normalized spacial score (nSPS) is 11.3. The third-order valence-corrected chi connectivity index (χ3v) is 4.26. The largest absolute Gasteiger partial charge is 0.326 e. The number of rotatable bonds is 3. The number of anilines is 1. The average Bonchev–Trinajstić information content (AvgIpc) is 2.37. The first-order chi connectivity index (χ1) is 9.29. The number of hydrogen-bond donors (Lipinski definition) is 2. The SMILES string of the molecule is O=c1[nH]cc(S(=O)(=O)Nc2ccc(Cl)c(F)c2)cc1Cl. The molecular weight excluding hydrogens is 330 g/mol. The van der Waals surface area contributed by atoms with Gasteiger partial charge < -0.3 is 4.98 Å². The molecule has 0 aliphatic rings. The van der Waals surface area contributed by atoms with E-state index in [1.165, 1.54) is 12.1 Å². The number of sulfonamides is 1. The van der Waals surface area contributed by atoms with Crippen LogP contribution in [0.3, 0.4) is 0 Å². The van der Waals surface area contributed by atoms with Gasteiger partial charge >= 0.3 is 0 Å². The Morgan fingerprint density at radius 3 is 2.45 bits per heavy atom. The van der Waals surface area contributed by atoms with Gasteiger partial charge in [-0.1, -0.05) is 23.2 Å². The highest BCUT2D eigenvalue weighted by Crippen LogP contribution is 2.21. The maximum atomic E-state index is 13.2. The quantitative estimate of drug-likeness (QED) is 0.904. The molecule has 1 heterocycles. The number of benzene rings is 1. The molecule has 2 N–H and O–H groups in total. The first kappa shape index (κ1) is 14.8. The Hall–Kier alpha value is -1.57. The van der Waals surface area contributed by atoms with Gasteiger partial charge in [0, 0.05) is 6.20 Å². The molecule has 0 spiro atoms. The van der Waals surface area contributed by atoms with Gasteiger partial charge in [-0.05, 0) is 24.3 Å². The maximum Gasteiger partial charge on any atom is 0.266 e. The molecule has 0 bridgehead atoms. The Bertz CT molecular complexity index is 821. The number of pyridine rings is 1. The Morgan fingerprint density at radius 1 is 1.15 bits per heavy atom. The molecule has 0 aliphatic heterocycles. The van der Waals surface area contributed by atoms with Crippen LogP contribution in [0.15, 0.2) is 40.2 Å². The highest BCUT2D eigenvalue weighted by atomic mass is 35.5. The minimum Gasteiger partial charge on any atom is -0.326 e. The second-order valence-electron chi connectivity index (χ2n) is 3.75. The lowest BCUT2D eigenvalue weighted by Gasteiger charge is -2.08. The molecule has 9 heteroatoms. The van der Waals surface area contributed by atoms with E-state index in [0.29, 0.717) is 0 Å². The molecule has 0 aliphatic carbocycles. The third kappa shape index (κ3) is 3.12. The van der Waals surface area contributed by atoms with Crippen LogP contribution in [0.2, 0.25) is 10.0 Å². The maximum absolute atomic E-state index is 13.2. The van der Waals surface area contributed by atoms with E-state index in [-0.39, 0.29) is 20.6 Å². The molecule has 2 rings (SSSR count). The second-order valence-corrected chi connectivity index (χ2v) is 6.24. The van der Waals surface area contributed by atoms with E-state index >= 15 is 0 Å². The van der Waals surface area contributed by atoms with Crippen molar-refractivity contribution < 1.29 is 12.8 Å². The van der Waals surface area contributed by atoms with Crippen molar-refractivity contribution in [3.63, 3.8) is 0 Å². The first-order valence-electron chi connectivity index (χ1n) is 5.16. The third-order valence-electron chi connectivity index (χ3n) is 2.31. The number of aromatic amines is 1. The predicted octanol–water partition coefficient (Wildman–Crippen LogP) is 2.62. The van der Waals surface area contributed by atoms with Crippen molar-refractivity contribution in [1.82, 2.24) is 4.98 Å². The Balaban J connectivity index is 2.37. The fourth-order valence-corrected chi connectivity index (χ4v) is 2.76. The zero-order valence-electron chi connectivity index (χ0n) is 9.65. The molecule has 1 aromatic heterocycles. The van der Waals surface area contributed by atoms with E-state index in [9.17, 15) is 17.6 Å². The molecule has 0 saturated carbocycles. The van der Waals surface area contributed by atoms with Crippen molar-refractivity contribution in [3.05, 3.63) is 56.7 Å².